The Morgan fingerprint density at radius 2 is 1.07 bits per heavy atom. The molecule has 0 radical (unpaired) electrons. The molecule has 4 aliphatic rings. The molecule has 0 atom stereocenters. The Hall–Kier alpha value is -6.40. The minimum Gasteiger partial charge on any atom is -0.870 e. The number of hydrazone groups is 2. The molecule has 0 aliphatic carbocycles. The average Bonchev–Trinajstić information content (AvgIpc) is 3.72. The van der Waals surface area contributed by atoms with E-state index >= 15 is 0 Å². The quantitative estimate of drug-likeness (QED) is 0.193. The SMILES string of the molecule is C.C.COC(=O)c1ccc(CN2C=C3C(=O)N(c4ccc(F)c(C)c4)N=C3CC2)cc1.Cc1cc(N2N=C3CCN(Cc4ccc(C(=O)O)cc4)C=C3C2=O)ccc1F.[Li+].[OH-]. The van der Waals surface area contributed by atoms with E-state index in [4.69, 9.17) is 9.84 Å². The molecule has 4 aromatic carbocycles. The Morgan fingerprint density at radius 1 is 0.672 bits per heavy atom. The van der Waals surface area contributed by atoms with Gasteiger partial charge in [-0.3, -0.25) is 9.59 Å². The van der Waals surface area contributed by atoms with Crippen molar-refractivity contribution >= 4 is 46.6 Å². The van der Waals surface area contributed by atoms with Gasteiger partial charge in [-0.15, -0.1) is 0 Å². The molecule has 2 N–H and O–H groups in total. The zero-order valence-electron chi connectivity index (χ0n) is 32.9. The third kappa shape index (κ3) is 10.7. The fourth-order valence-corrected chi connectivity index (χ4v) is 6.74. The molecule has 0 fully saturated rings. The van der Waals surface area contributed by atoms with E-state index < -0.39 is 5.97 Å². The number of amides is 2. The van der Waals surface area contributed by atoms with Gasteiger partial charge in [0.15, 0.2) is 0 Å². The van der Waals surface area contributed by atoms with Crippen molar-refractivity contribution in [2.45, 2.75) is 54.6 Å². The molecular weight excluding hydrogens is 781 g/mol. The molecule has 2 amide bonds. The smallest absolute Gasteiger partial charge is 0.870 e. The molecule has 0 spiro atoms. The number of carbonyl (C=O) groups excluding carboxylic acids is 3. The molecule has 4 aromatic rings. The van der Waals surface area contributed by atoms with Crippen molar-refractivity contribution < 1.29 is 62.1 Å². The van der Waals surface area contributed by atoms with Crippen molar-refractivity contribution in [3.05, 3.63) is 153 Å². The van der Waals surface area contributed by atoms with Crippen LogP contribution in [0.5, 0.6) is 0 Å². The van der Waals surface area contributed by atoms with Crippen LogP contribution in [0.3, 0.4) is 0 Å². The van der Waals surface area contributed by atoms with Crippen LogP contribution in [0.1, 0.15) is 70.7 Å². The van der Waals surface area contributed by atoms with Gasteiger partial charge in [0, 0.05) is 51.4 Å². The van der Waals surface area contributed by atoms with Crippen LogP contribution in [0, 0.1) is 25.5 Å². The predicted molar refractivity (Wildman–Crippen MR) is 225 cm³/mol. The van der Waals surface area contributed by atoms with E-state index in [0.717, 1.165) is 29.1 Å². The number of methoxy groups -OCH3 is 1. The van der Waals surface area contributed by atoms with Crippen LogP contribution in [0.4, 0.5) is 20.2 Å². The topological polar surface area (TPSA) is 165 Å². The standard InChI is InChI=1S/C22H20FN3O3.C21H18FN3O3.2CH4.Li.H2O/c1-14-11-17(7-8-19(14)23)26-21(27)18-13-25(10-9-20(18)24-26)12-15-3-5-16(6-4-15)22(28)29-2;1-13-10-16(6-7-18(13)22)25-20(26)17-12-24(9-8-19(17)23-25)11-14-2-4-15(5-3-14)21(27)28;;;;/h3-8,11,13H,9-10,12H2,1-2H3;2-7,10,12H,8-9,11H2,1H3,(H,27,28);2*1H4;;1H2/q;;;;+1;/p-1. The summed E-state index contributed by atoms with van der Waals surface area (Å²) < 4.78 is 31.8. The Kier molecular flexibility index (Phi) is 16.6. The zero-order valence-corrected chi connectivity index (χ0v) is 32.9. The number of hydrogen-bond acceptors (Lipinski definition) is 10. The Bertz CT molecular complexity index is 2420. The first-order chi connectivity index (χ1) is 27.4. The van der Waals surface area contributed by atoms with Crippen LogP contribution < -0.4 is 28.9 Å². The molecule has 16 heteroatoms. The van der Waals surface area contributed by atoms with Crippen LogP contribution in [0.15, 0.2) is 119 Å². The fraction of sp³-hybridized carbons (Fsp3) is 0.244. The number of ether oxygens (including phenoxy) is 1. The van der Waals surface area contributed by atoms with Crippen molar-refractivity contribution in [3.8, 4) is 0 Å². The van der Waals surface area contributed by atoms with E-state index in [1.165, 1.54) is 29.3 Å². The van der Waals surface area contributed by atoms with Crippen LogP contribution in [-0.2, 0) is 27.4 Å². The van der Waals surface area contributed by atoms with Crippen molar-refractivity contribution in [2.75, 3.05) is 30.2 Å². The number of carbonyl (C=O) groups is 4. The Morgan fingerprint density at radius 3 is 1.43 bits per heavy atom. The van der Waals surface area contributed by atoms with Gasteiger partial charge < -0.3 is 25.1 Å². The predicted octanol–water partition coefficient (Wildman–Crippen LogP) is 4.84. The summed E-state index contributed by atoms with van der Waals surface area (Å²) in [6.45, 7) is 5.92. The van der Waals surface area contributed by atoms with Crippen molar-refractivity contribution in [1.29, 1.82) is 0 Å². The van der Waals surface area contributed by atoms with Gasteiger partial charge >= 0.3 is 30.8 Å². The van der Waals surface area contributed by atoms with Gasteiger partial charge in [0.2, 0.25) is 0 Å². The normalized spacial score (nSPS) is 14.8. The number of aryl methyl sites for hydroxylation is 2. The maximum atomic E-state index is 13.5. The number of hydrogen-bond donors (Lipinski definition) is 1. The number of aromatic carboxylic acids is 1. The monoisotopic (exact) mass is 828 g/mol. The van der Waals surface area contributed by atoms with E-state index in [1.54, 1.807) is 80.7 Å². The van der Waals surface area contributed by atoms with Crippen LogP contribution >= 0.6 is 0 Å². The fourth-order valence-electron chi connectivity index (χ4n) is 6.74. The first-order valence-corrected chi connectivity index (χ1v) is 18.2. The van der Waals surface area contributed by atoms with Gasteiger partial charge in [-0.1, -0.05) is 39.1 Å². The second-order valence-corrected chi connectivity index (χ2v) is 13.9. The molecule has 4 aliphatic heterocycles. The third-order valence-corrected chi connectivity index (χ3v) is 9.92. The summed E-state index contributed by atoms with van der Waals surface area (Å²) in [5.74, 6) is -2.40. The molecule has 0 saturated carbocycles. The third-order valence-electron chi connectivity index (χ3n) is 9.92. The molecule has 0 saturated heterocycles. The molecule has 13 nitrogen and oxygen atoms in total. The second-order valence-electron chi connectivity index (χ2n) is 13.9. The molecule has 4 heterocycles. The average molecular weight is 829 g/mol. The van der Waals surface area contributed by atoms with Gasteiger partial charge in [0.25, 0.3) is 11.8 Å². The first-order valence-electron chi connectivity index (χ1n) is 18.2. The van der Waals surface area contributed by atoms with Crippen molar-refractivity contribution in [1.82, 2.24) is 9.80 Å². The minimum atomic E-state index is -0.958. The largest absolute Gasteiger partial charge is 1.00 e. The number of nitrogens with zero attached hydrogens (tertiary/aromatic N) is 6. The van der Waals surface area contributed by atoms with Crippen LogP contribution in [0.2, 0.25) is 0 Å². The molecule has 314 valence electrons. The Balaban J connectivity index is 0.000000305. The number of esters is 1. The maximum absolute atomic E-state index is 13.5. The number of rotatable bonds is 8. The first kappa shape index (κ1) is 49.0. The van der Waals surface area contributed by atoms with E-state index in [-0.39, 0.29) is 74.2 Å². The van der Waals surface area contributed by atoms with E-state index in [1.807, 2.05) is 23.2 Å². The van der Waals surface area contributed by atoms with E-state index in [0.29, 0.717) is 71.7 Å². The summed E-state index contributed by atoms with van der Waals surface area (Å²) in [5, 5.41) is 20.5. The summed E-state index contributed by atoms with van der Waals surface area (Å²) in [6.07, 6.45) is 4.90. The van der Waals surface area contributed by atoms with Crippen LogP contribution in [-0.4, -0.2) is 75.8 Å². The maximum Gasteiger partial charge on any atom is 1.00 e. The second kappa shape index (κ2) is 20.7. The summed E-state index contributed by atoms with van der Waals surface area (Å²) in [5.41, 5.74) is 7.31. The Labute approximate surface area is 365 Å². The minimum absolute atomic E-state index is 0. The summed E-state index contributed by atoms with van der Waals surface area (Å²) in [6, 6.07) is 22.9. The van der Waals surface area contributed by atoms with Gasteiger partial charge in [0.05, 0.1) is 52.2 Å². The number of halogens is 2. The molecule has 61 heavy (non-hydrogen) atoms. The van der Waals surface area contributed by atoms with Gasteiger partial charge in [-0.05, 0) is 96.8 Å². The zero-order chi connectivity index (χ0) is 40.4. The number of anilines is 2. The summed E-state index contributed by atoms with van der Waals surface area (Å²) in [7, 11) is 1.35. The van der Waals surface area contributed by atoms with Crippen LogP contribution in [0.25, 0.3) is 0 Å². The van der Waals surface area contributed by atoms with Gasteiger partial charge in [-0.25, -0.2) is 18.4 Å². The number of carboxylic acids is 1. The summed E-state index contributed by atoms with van der Waals surface area (Å²) in [4.78, 5) is 52.2. The molecule has 0 aromatic heterocycles. The number of fused-ring (bicyclic) bond motifs is 2. The number of carboxylic acid groups (broad SMARTS) is 1. The van der Waals surface area contributed by atoms with E-state index in [2.05, 4.69) is 15.1 Å². The van der Waals surface area contributed by atoms with Crippen molar-refractivity contribution in [3.63, 3.8) is 0 Å². The molecule has 8 rings (SSSR count). The van der Waals surface area contributed by atoms with E-state index in [9.17, 15) is 28.0 Å². The molecule has 0 bridgehead atoms. The molecule has 0 unspecified atom stereocenters. The van der Waals surface area contributed by atoms with Gasteiger partial charge in [0.1, 0.15) is 11.6 Å². The van der Waals surface area contributed by atoms with Gasteiger partial charge in [-0.2, -0.15) is 20.2 Å². The molecular formula is C45H47F2LiN6O7. The summed E-state index contributed by atoms with van der Waals surface area (Å²) >= 11 is 0. The number of benzene rings is 4. The van der Waals surface area contributed by atoms with Crippen molar-refractivity contribution in [2.24, 2.45) is 10.2 Å².